The predicted octanol–water partition coefficient (Wildman–Crippen LogP) is 16.9. The smallest absolute Gasteiger partial charge is 0.145 e. The third kappa shape index (κ3) is 5.41. The fraction of sp³-hybridized carbons (Fsp3) is 0.0492. The number of hydrogen-bond donors (Lipinski definition) is 0. The molecule has 2 aromatic heterocycles. The maximum Gasteiger partial charge on any atom is 0.145 e. The van der Waals surface area contributed by atoms with Crippen molar-refractivity contribution in [3.8, 4) is 39.1 Å². The van der Waals surface area contributed by atoms with E-state index < -0.39 is 0 Å². The van der Waals surface area contributed by atoms with Crippen molar-refractivity contribution in [1.82, 2.24) is 4.57 Å². The lowest BCUT2D eigenvalue weighted by Gasteiger charge is -2.29. The van der Waals surface area contributed by atoms with E-state index in [9.17, 15) is 0 Å². The fourth-order valence-electron chi connectivity index (χ4n) is 10.7. The van der Waals surface area contributed by atoms with Crippen LogP contribution in [0.2, 0.25) is 0 Å². The molecule has 0 N–H and O–H groups in total. The van der Waals surface area contributed by atoms with Crippen LogP contribution in [0.5, 0.6) is 0 Å². The summed E-state index contributed by atoms with van der Waals surface area (Å²) in [5.41, 5.74) is 18.2. The molecule has 302 valence electrons. The molecule has 1 aliphatic rings. The number of benzene rings is 10. The minimum Gasteiger partial charge on any atom is -0.455 e. The molecule has 12 aromatic rings. The van der Waals surface area contributed by atoms with E-state index in [0.717, 1.165) is 66.5 Å². The van der Waals surface area contributed by atoms with E-state index in [-0.39, 0.29) is 5.41 Å². The Labute approximate surface area is 371 Å². The summed E-state index contributed by atoms with van der Waals surface area (Å²) in [7, 11) is 0. The standard InChI is InChI=1S/C61H42N2O/c1-61(2)53-23-13-11-21-48(53)49-36-34-46(37-54(49)61)62(44-30-25-41(26-31-44)39-15-5-3-6-16-39)55-38-52-50-22-12-14-24-56(50)64-60(52)57-51-35-29-43-19-9-10-20-47(43)58(51)63(59(55)57)45-32-27-42(28-33-45)40-17-7-4-8-18-40/h3-38H,1-2H3. The molecule has 13 rings (SSSR count). The molecule has 1 aliphatic carbocycles. The minimum atomic E-state index is -0.181. The average Bonchev–Trinajstić information content (AvgIpc) is 3.98. The van der Waals surface area contributed by atoms with Crippen LogP contribution in [0.3, 0.4) is 0 Å². The molecule has 0 radical (unpaired) electrons. The van der Waals surface area contributed by atoms with Gasteiger partial charge >= 0.3 is 0 Å². The molecule has 0 unspecified atom stereocenters. The zero-order valence-corrected chi connectivity index (χ0v) is 35.6. The van der Waals surface area contributed by atoms with Gasteiger partial charge < -0.3 is 13.9 Å². The molecule has 0 fully saturated rings. The third-order valence-electron chi connectivity index (χ3n) is 13.8. The molecule has 0 amide bonds. The number of hydrogen-bond acceptors (Lipinski definition) is 2. The van der Waals surface area contributed by atoms with Gasteiger partial charge in [-0.1, -0.05) is 184 Å². The summed E-state index contributed by atoms with van der Waals surface area (Å²) in [5.74, 6) is 0. The maximum atomic E-state index is 7.01. The summed E-state index contributed by atoms with van der Waals surface area (Å²) < 4.78 is 9.52. The van der Waals surface area contributed by atoms with Crippen LogP contribution in [0.1, 0.15) is 25.0 Å². The number of furan rings is 1. The predicted molar refractivity (Wildman–Crippen MR) is 269 cm³/mol. The molecular formula is C61H42N2O. The van der Waals surface area contributed by atoms with E-state index in [1.165, 1.54) is 55.3 Å². The van der Waals surface area contributed by atoms with Gasteiger partial charge in [0.1, 0.15) is 11.2 Å². The van der Waals surface area contributed by atoms with Crippen molar-refractivity contribution in [2.45, 2.75) is 19.3 Å². The normalized spacial score (nSPS) is 13.0. The highest BCUT2D eigenvalue weighted by Gasteiger charge is 2.36. The summed E-state index contributed by atoms with van der Waals surface area (Å²) in [6, 6.07) is 79.7. The second-order valence-electron chi connectivity index (χ2n) is 17.7. The molecule has 0 saturated heterocycles. The second kappa shape index (κ2) is 13.9. The van der Waals surface area contributed by atoms with E-state index in [1.54, 1.807) is 0 Å². The topological polar surface area (TPSA) is 21.3 Å². The minimum absolute atomic E-state index is 0.181. The first-order chi connectivity index (χ1) is 31.5. The molecule has 64 heavy (non-hydrogen) atoms. The van der Waals surface area contributed by atoms with E-state index >= 15 is 0 Å². The number of anilines is 3. The number of nitrogens with zero attached hydrogens (tertiary/aromatic N) is 2. The number of fused-ring (bicyclic) bond motifs is 12. The van der Waals surface area contributed by atoms with Crippen LogP contribution in [-0.2, 0) is 5.41 Å². The summed E-state index contributed by atoms with van der Waals surface area (Å²) in [6.07, 6.45) is 0. The van der Waals surface area contributed by atoms with Gasteiger partial charge in [0.25, 0.3) is 0 Å². The van der Waals surface area contributed by atoms with Crippen LogP contribution in [0.4, 0.5) is 17.1 Å². The first kappa shape index (κ1) is 36.5. The van der Waals surface area contributed by atoms with Gasteiger partial charge in [-0.25, -0.2) is 0 Å². The number of aromatic nitrogens is 1. The average molecular weight is 819 g/mol. The summed E-state index contributed by atoms with van der Waals surface area (Å²) in [4.78, 5) is 2.49. The molecule has 3 heteroatoms. The summed E-state index contributed by atoms with van der Waals surface area (Å²) >= 11 is 0. The van der Waals surface area contributed by atoms with Gasteiger partial charge in [-0.15, -0.1) is 0 Å². The molecule has 10 aromatic carbocycles. The zero-order valence-electron chi connectivity index (χ0n) is 35.6. The largest absolute Gasteiger partial charge is 0.455 e. The molecule has 2 heterocycles. The Kier molecular flexibility index (Phi) is 7.95. The van der Waals surface area contributed by atoms with Crippen molar-refractivity contribution < 1.29 is 4.42 Å². The SMILES string of the molecule is CC1(C)c2ccccc2-c2ccc(N(c3ccc(-c4ccccc4)cc3)c3cc4c5ccccc5oc4c4c5ccc6ccccc6c5n(-c5ccc(-c6ccccc6)cc5)c34)cc21. The van der Waals surface area contributed by atoms with Gasteiger partial charge in [-0.05, 0) is 98.4 Å². The lowest BCUT2D eigenvalue weighted by atomic mass is 9.82. The van der Waals surface area contributed by atoms with E-state index in [4.69, 9.17) is 4.42 Å². The highest BCUT2D eigenvalue weighted by Crippen LogP contribution is 2.53. The highest BCUT2D eigenvalue weighted by molar-refractivity contribution is 6.30. The highest BCUT2D eigenvalue weighted by atomic mass is 16.3. The van der Waals surface area contributed by atoms with Crippen molar-refractivity contribution in [3.63, 3.8) is 0 Å². The zero-order chi connectivity index (χ0) is 42.5. The van der Waals surface area contributed by atoms with Gasteiger partial charge in [0.2, 0.25) is 0 Å². The molecule has 0 spiro atoms. The Balaban J connectivity index is 1.17. The van der Waals surface area contributed by atoms with Crippen molar-refractivity contribution in [2.24, 2.45) is 0 Å². The quantitative estimate of drug-likeness (QED) is 0.167. The number of para-hydroxylation sites is 1. The first-order valence-corrected chi connectivity index (χ1v) is 22.2. The Morgan fingerprint density at radius 3 is 1.77 bits per heavy atom. The van der Waals surface area contributed by atoms with Gasteiger partial charge in [-0.3, -0.25) is 0 Å². The lowest BCUT2D eigenvalue weighted by molar-refractivity contribution is 0.660. The Morgan fingerprint density at radius 1 is 0.422 bits per heavy atom. The van der Waals surface area contributed by atoms with Gasteiger partial charge in [0.15, 0.2) is 0 Å². The first-order valence-electron chi connectivity index (χ1n) is 22.2. The number of rotatable bonds is 6. The van der Waals surface area contributed by atoms with Crippen LogP contribution in [0.15, 0.2) is 223 Å². The van der Waals surface area contributed by atoms with E-state index in [1.807, 2.05) is 0 Å². The lowest BCUT2D eigenvalue weighted by Crippen LogP contribution is -2.17. The molecule has 3 nitrogen and oxygen atoms in total. The van der Waals surface area contributed by atoms with Crippen molar-refractivity contribution in [3.05, 3.63) is 230 Å². The Bertz CT molecular complexity index is 3780. The summed E-state index contributed by atoms with van der Waals surface area (Å²) in [6.45, 7) is 4.73. The fourth-order valence-corrected chi connectivity index (χ4v) is 10.7. The second-order valence-corrected chi connectivity index (χ2v) is 17.7. The van der Waals surface area contributed by atoms with Crippen molar-refractivity contribution in [1.29, 1.82) is 0 Å². The molecular weight excluding hydrogens is 777 g/mol. The van der Waals surface area contributed by atoms with Gasteiger partial charge in [-0.2, -0.15) is 0 Å². The van der Waals surface area contributed by atoms with Gasteiger partial charge in [0, 0.05) is 44.0 Å². The molecule has 0 atom stereocenters. The van der Waals surface area contributed by atoms with Crippen LogP contribution in [-0.4, -0.2) is 4.57 Å². The maximum absolute atomic E-state index is 7.01. The van der Waals surface area contributed by atoms with Gasteiger partial charge in [0.05, 0.1) is 22.1 Å². The van der Waals surface area contributed by atoms with Crippen molar-refractivity contribution >= 4 is 71.6 Å². The Morgan fingerprint density at radius 2 is 1.02 bits per heavy atom. The molecule has 0 aliphatic heterocycles. The molecule has 0 bridgehead atoms. The van der Waals surface area contributed by atoms with Crippen LogP contribution in [0.25, 0.3) is 93.6 Å². The van der Waals surface area contributed by atoms with E-state index in [2.05, 4.69) is 242 Å². The van der Waals surface area contributed by atoms with Crippen LogP contribution in [0, 0.1) is 0 Å². The van der Waals surface area contributed by atoms with Crippen molar-refractivity contribution in [2.75, 3.05) is 4.90 Å². The van der Waals surface area contributed by atoms with Crippen LogP contribution >= 0.6 is 0 Å². The Hall–Kier alpha value is -8.14. The van der Waals surface area contributed by atoms with E-state index in [0.29, 0.717) is 0 Å². The van der Waals surface area contributed by atoms with Crippen LogP contribution < -0.4 is 4.90 Å². The monoisotopic (exact) mass is 818 g/mol. The summed E-state index contributed by atoms with van der Waals surface area (Å²) in [5, 5.41) is 6.81. The molecule has 0 saturated carbocycles. The third-order valence-corrected chi connectivity index (χ3v) is 13.8.